The van der Waals surface area contributed by atoms with Crippen LogP contribution in [0.1, 0.15) is 23.9 Å². The third kappa shape index (κ3) is 5.47. The van der Waals surface area contributed by atoms with Crippen LogP contribution in [0.15, 0.2) is 59.8 Å². The summed E-state index contributed by atoms with van der Waals surface area (Å²) in [6, 6.07) is 11.7. The van der Waals surface area contributed by atoms with Crippen LogP contribution >= 0.6 is 0 Å². The fourth-order valence-electron chi connectivity index (χ4n) is 3.30. The van der Waals surface area contributed by atoms with Crippen molar-refractivity contribution in [2.45, 2.75) is 18.2 Å². The summed E-state index contributed by atoms with van der Waals surface area (Å²) < 4.78 is 44.3. The minimum Gasteiger partial charge on any atom is -0.469 e. The minimum absolute atomic E-state index is 0.0210. The second-order valence-electron chi connectivity index (χ2n) is 7.52. The molecule has 0 spiro atoms. The maximum Gasteiger partial charge on any atom is 0.310 e. The van der Waals surface area contributed by atoms with Crippen LogP contribution in [-0.2, 0) is 25.8 Å². The van der Waals surface area contributed by atoms with Crippen molar-refractivity contribution in [3.8, 4) is 11.8 Å². The van der Waals surface area contributed by atoms with Crippen LogP contribution in [0.4, 0.5) is 15.9 Å². The maximum absolute atomic E-state index is 14.5. The molecule has 2 heterocycles. The number of nitrogens with zero attached hydrogens (tertiary/aromatic N) is 2. The number of methoxy groups -OCH3 is 1. The standard InChI is InChI=1S/C25H21FN4O4S/c1-3-35(32,33)22-15-28-23(9-5-16-4-8-21-18(12-16)10-11-27-21)30-25(22)29-19-7-6-17(20(26)14-19)13-24(31)34-2/h4,6-8,10-12,14-15,27H,3,13H2,1-2H3,(H,28,29,30). The van der Waals surface area contributed by atoms with Crippen molar-refractivity contribution in [1.29, 1.82) is 0 Å². The van der Waals surface area contributed by atoms with Gasteiger partial charge in [-0.3, -0.25) is 4.79 Å². The monoisotopic (exact) mass is 492 g/mol. The van der Waals surface area contributed by atoms with Gasteiger partial charge in [-0.1, -0.05) is 18.9 Å². The first-order valence-corrected chi connectivity index (χ1v) is 12.3. The largest absolute Gasteiger partial charge is 0.469 e. The molecule has 2 aromatic heterocycles. The summed E-state index contributed by atoms with van der Waals surface area (Å²) in [5.41, 5.74) is 2.12. The Hall–Kier alpha value is -4.23. The molecule has 2 N–H and O–H groups in total. The Balaban J connectivity index is 1.67. The van der Waals surface area contributed by atoms with E-state index in [-0.39, 0.29) is 40.0 Å². The summed E-state index contributed by atoms with van der Waals surface area (Å²) in [5, 5.41) is 3.85. The maximum atomic E-state index is 14.5. The van der Waals surface area contributed by atoms with Gasteiger partial charge < -0.3 is 15.0 Å². The van der Waals surface area contributed by atoms with Crippen molar-refractivity contribution in [3.63, 3.8) is 0 Å². The molecule has 0 aliphatic carbocycles. The lowest BCUT2D eigenvalue weighted by Gasteiger charge is -2.12. The van der Waals surface area contributed by atoms with Gasteiger partial charge in [0, 0.05) is 28.4 Å². The van der Waals surface area contributed by atoms with Gasteiger partial charge in [-0.15, -0.1) is 0 Å². The number of anilines is 2. The molecule has 0 amide bonds. The van der Waals surface area contributed by atoms with Gasteiger partial charge in [0.15, 0.2) is 15.7 Å². The average molecular weight is 493 g/mol. The summed E-state index contributed by atoms with van der Waals surface area (Å²) in [5.74, 6) is 4.51. The lowest BCUT2D eigenvalue weighted by Crippen LogP contribution is -2.11. The highest BCUT2D eigenvalue weighted by Gasteiger charge is 2.20. The SMILES string of the molecule is CCS(=O)(=O)c1cnc(C#Cc2ccc3[nH]ccc3c2)nc1Nc1ccc(CC(=O)OC)c(F)c1. The van der Waals surface area contributed by atoms with Crippen LogP contribution in [0, 0.1) is 17.7 Å². The third-order valence-electron chi connectivity index (χ3n) is 5.22. The van der Waals surface area contributed by atoms with Gasteiger partial charge in [0.05, 0.1) is 25.5 Å². The summed E-state index contributed by atoms with van der Waals surface area (Å²) in [6.07, 6.45) is 2.80. The molecule has 35 heavy (non-hydrogen) atoms. The molecule has 0 bridgehead atoms. The number of aromatic amines is 1. The number of hydrogen-bond donors (Lipinski definition) is 2. The number of hydrogen-bond acceptors (Lipinski definition) is 7. The van der Waals surface area contributed by atoms with E-state index in [1.165, 1.54) is 32.4 Å². The third-order valence-corrected chi connectivity index (χ3v) is 6.95. The fraction of sp³-hybridized carbons (Fsp3) is 0.160. The quantitative estimate of drug-likeness (QED) is 0.311. The van der Waals surface area contributed by atoms with Crippen molar-refractivity contribution in [2.75, 3.05) is 18.2 Å². The van der Waals surface area contributed by atoms with E-state index in [1.54, 1.807) is 0 Å². The number of carbonyl (C=O) groups excluding carboxylic acids is 1. The molecule has 0 fully saturated rings. The van der Waals surface area contributed by atoms with Crippen molar-refractivity contribution < 1.29 is 22.3 Å². The Bertz CT molecular complexity index is 1590. The molecule has 0 saturated carbocycles. The van der Waals surface area contributed by atoms with Crippen LogP contribution < -0.4 is 5.32 Å². The molecule has 0 aliphatic heterocycles. The Labute approximate surface area is 201 Å². The number of benzene rings is 2. The van der Waals surface area contributed by atoms with E-state index in [0.717, 1.165) is 22.5 Å². The Morgan fingerprint density at radius 1 is 1.17 bits per heavy atom. The first-order chi connectivity index (χ1) is 16.8. The number of sulfone groups is 1. The zero-order chi connectivity index (χ0) is 25.0. The fourth-order valence-corrected chi connectivity index (χ4v) is 4.21. The lowest BCUT2D eigenvalue weighted by molar-refractivity contribution is -0.139. The van der Waals surface area contributed by atoms with Crippen LogP contribution in [0.2, 0.25) is 0 Å². The van der Waals surface area contributed by atoms with Crippen molar-refractivity contribution >= 4 is 38.2 Å². The molecular formula is C25H21FN4O4S. The molecule has 0 aliphatic rings. The lowest BCUT2D eigenvalue weighted by atomic mass is 10.1. The molecule has 10 heteroatoms. The summed E-state index contributed by atoms with van der Waals surface area (Å²) in [4.78, 5) is 22.8. The second kappa shape index (κ2) is 9.95. The van der Waals surface area contributed by atoms with Gasteiger partial charge in [-0.2, -0.15) is 0 Å². The molecule has 4 rings (SSSR count). The number of rotatable bonds is 6. The minimum atomic E-state index is -3.68. The van der Waals surface area contributed by atoms with E-state index in [4.69, 9.17) is 0 Å². The smallest absolute Gasteiger partial charge is 0.310 e. The van der Waals surface area contributed by atoms with E-state index in [1.807, 2.05) is 30.5 Å². The van der Waals surface area contributed by atoms with Crippen molar-refractivity contribution in [2.24, 2.45) is 0 Å². The highest BCUT2D eigenvalue weighted by Crippen LogP contribution is 2.25. The van der Waals surface area contributed by atoms with E-state index >= 15 is 0 Å². The van der Waals surface area contributed by atoms with Gasteiger partial charge in [0.1, 0.15) is 10.7 Å². The van der Waals surface area contributed by atoms with Crippen LogP contribution in [0.25, 0.3) is 10.9 Å². The normalized spacial score (nSPS) is 11.1. The van der Waals surface area contributed by atoms with Gasteiger partial charge in [0.2, 0.25) is 5.82 Å². The van der Waals surface area contributed by atoms with E-state index in [9.17, 15) is 17.6 Å². The Morgan fingerprint density at radius 2 is 2.00 bits per heavy atom. The highest BCUT2D eigenvalue weighted by molar-refractivity contribution is 7.91. The average Bonchev–Trinajstić information content (AvgIpc) is 3.32. The molecule has 0 saturated heterocycles. The zero-order valence-corrected chi connectivity index (χ0v) is 19.7. The summed E-state index contributed by atoms with van der Waals surface area (Å²) in [6.45, 7) is 1.51. The molecule has 0 atom stereocenters. The van der Waals surface area contributed by atoms with E-state index in [0.29, 0.717) is 0 Å². The summed E-state index contributed by atoms with van der Waals surface area (Å²) in [7, 11) is -2.46. The van der Waals surface area contributed by atoms with Crippen molar-refractivity contribution in [1.82, 2.24) is 15.0 Å². The number of H-pyrrole nitrogens is 1. The Morgan fingerprint density at radius 3 is 2.74 bits per heavy atom. The topological polar surface area (TPSA) is 114 Å². The van der Waals surface area contributed by atoms with Gasteiger partial charge in [0.25, 0.3) is 0 Å². The molecule has 8 nitrogen and oxygen atoms in total. The van der Waals surface area contributed by atoms with Gasteiger partial charge >= 0.3 is 5.97 Å². The first kappa shape index (κ1) is 23.9. The number of carbonyl (C=O) groups is 1. The van der Waals surface area contributed by atoms with E-state index in [2.05, 4.69) is 36.8 Å². The summed E-state index contributed by atoms with van der Waals surface area (Å²) >= 11 is 0. The van der Waals surface area contributed by atoms with E-state index < -0.39 is 21.6 Å². The molecule has 0 unspecified atom stereocenters. The predicted molar refractivity (Wildman–Crippen MR) is 129 cm³/mol. The second-order valence-corrected chi connectivity index (χ2v) is 9.77. The number of fused-ring (bicyclic) bond motifs is 1. The van der Waals surface area contributed by atoms with Crippen LogP contribution in [0.3, 0.4) is 0 Å². The number of aromatic nitrogens is 3. The van der Waals surface area contributed by atoms with Crippen molar-refractivity contribution in [3.05, 3.63) is 77.6 Å². The van der Waals surface area contributed by atoms with Gasteiger partial charge in [-0.05, 0) is 47.9 Å². The van der Waals surface area contributed by atoms with Crippen LogP contribution in [-0.4, -0.2) is 42.2 Å². The number of nitrogens with one attached hydrogen (secondary N) is 2. The zero-order valence-electron chi connectivity index (χ0n) is 18.9. The predicted octanol–water partition coefficient (Wildman–Crippen LogP) is 3.75. The molecule has 4 aromatic rings. The molecular weight excluding hydrogens is 471 g/mol. The number of halogens is 1. The molecule has 2 aromatic carbocycles. The highest BCUT2D eigenvalue weighted by atomic mass is 32.2. The number of esters is 1. The molecule has 178 valence electrons. The van der Waals surface area contributed by atoms with Crippen LogP contribution in [0.5, 0.6) is 0 Å². The Kier molecular flexibility index (Phi) is 6.80. The number of ether oxygens (including phenoxy) is 1. The van der Waals surface area contributed by atoms with Gasteiger partial charge in [-0.25, -0.2) is 22.8 Å². The first-order valence-electron chi connectivity index (χ1n) is 10.6. The molecule has 0 radical (unpaired) electrons.